The first-order valence-corrected chi connectivity index (χ1v) is 5.51. The van der Waals surface area contributed by atoms with Crippen LogP contribution < -0.4 is 5.73 Å². The van der Waals surface area contributed by atoms with Crippen LogP contribution in [0.15, 0.2) is 24.7 Å². The van der Waals surface area contributed by atoms with E-state index < -0.39 is 0 Å². The molecule has 0 unspecified atom stereocenters. The van der Waals surface area contributed by atoms with E-state index in [-0.39, 0.29) is 0 Å². The standard InChI is InChI=1S/C11H13ClN4/c1-2-10-14-3-4-16(10)11-9(12)5-8(6-13)7-15-11/h3-5,7H,2,6,13H2,1H3. The van der Waals surface area contributed by atoms with Gasteiger partial charge in [-0.3, -0.25) is 4.57 Å². The molecule has 2 heterocycles. The maximum Gasteiger partial charge on any atom is 0.156 e. The molecule has 2 rings (SSSR count). The van der Waals surface area contributed by atoms with Crippen molar-refractivity contribution >= 4 is 11.6 Å². The Hall–Kier alpha value is -1.39. The van der Waals surface area contributed by atoms with Gasteiger partial charge in [0.15, 0.2) is 5.82 Å². The summed E-state index contributed by atoms with van der Waals surface area (Å²) in [4.78, 5) is 8.55. The molecule has 5 heteroatoms. The van der Waals surface area contributed by atoms with Crippen molar-refractivity contribution in [1.29, 1.82) is 0 Å². The Balaban J connectivity index is 2.48. The van der Waals surface area contributed by atoms with Crippen LogP contribution in [0.1, 0.15) is 18.3 Å². The third kappa shape index (κ3) is 1.94. The van der Waals surface area contributed by atoms with Crippen LogP contribution in [-0.2, 0) is 13.0 Å². The topological polar surface area (TPSA) is 56.7 Å². The van der Waals surface area contributed by atoms with E-state index in [0.717, 1.165) is 17.8 Å². The molecule has 0 saturated carbocycles. The highest BCUT2D eigenvalue weighted by molar-refractivity contribution is 6.32. The third-order valence-corrected chi connectivity index (χ3v) is 2.65. The molecule has 16 heavy (non-hydrogen) atoms. The molecule has 0 aliphatic heterocycles. The normalized spacial score (nSPS) is 10.7. The molecule has 0 fully saturated rings. The summed E-state index contributed by atoms with van der Waals surface area (Å²) in [5, 5.41) is 0.593. The highest BCUT2D eigenvalue weighted by Crippen LogP contribution is 2.20. The molecule has 84 valence electrons. The number of hydrogen-bond donors (Lipinski definition) is 1. The number of imidazole rings is 1. The summed E-state index contributed by atoms with van der Waals surface area (Å²) in [7, 11) is 0. The monoisotopic (exact) mass is 236 g/mol. The van der Waals surface area contributed by atoms with Crippen LogP contribution in [0, 0.1) is 0 Å². The molecule has 0 aromatic carbocycles. The first-order chi connectivity index (χ1) is 7.76. The van der Waals surface area contributed by atoms with Gasteiger partial charge in [-0.2, -0.15) is 0 Å². The van der Waals surface area contributed by atoms with Crippen molar-refractivity contribution in [2.24, 2.45) is 5.73 Å². The fourth-order valence-corrected chi connectivity index (χ4v) is 1.83. The molecule has 0 saturated heterocycles. The number of hydrogen-bond acceptors (Lipinski definition) is 3. The first-order valence-electron chi connectivity index (χ1n) is 5.13. The van der Waals surface area contributed by atoms with Crippen LogP contribution in [0.25, 0.3) is 5.82 Å². The highest BCUT2D eigenvalue weighted by Gasteiger charge is 2.08. The van der Waals surface area contributed by atoms with E-state index in [0.29, 0.717) is 17.4 Å². The summed E-state index contributed by atoms with van der Waals surface area (Å²) in [6.45, 7) is 2.48. The van der Waals surface area contributed by atoms with Crippen molar-refractivity contribution in [2.45, 2.75) is 19.9 Å². The van der Waals surface area contributed by atoms with Crippen molar-refractivity contribution < 1.29 is 0 Å². The average Bonchev–Trinajstić information content (AvgIpc) is 2.76. The van der Waals surface area contributed by atoms with E-state index in [4.69, 9.17) is 17.3 Å². The lowest BCUT2D eigenvalue weighted by atomic mass is 10.3. The Kier molecular flexibility index (Phi) is 3.22. The number of nitrogens with zero attached hydrogens (tertiary/aromatic N) is 3. The van der Waals surface area contributed by atoms with Crippen LogP contribution in [0.2, 0.25) is 5.02 Å². The minimum Gasteiger partial charge on any atom is -0.326 e. The Morgan fingerprint density at radius 2 is 2.25 bits per heavy atom. The lowest BCUT2D eigenvalue weighted by molar-refractivity contribution is 0.864. The number of nitrogens with two attached hydrogens (primary N) is 1. The molecule has 4 nitrogen and oxygen atoms in total. The Morgan fingerprint density at radius 1 is 1.44 bits per heavy atom. The van der Waals surface area contributed by atoms with Crippen molar-refractivity contribution in [3.8, 4) is 5.82 Å². The van der Waals surface area contributed by atoms with E-state index >= 15 is 0 Å². The molecule has 0 aliphatic carbocycles. The predicted octanol–water partition coefficient (Wildman–Crippen LogP) is 1.94. The highest BCUT2D eigenvalue weighted by atomic mass is 35.5. The molecular weight excluding hydrogens is 224 g/mol. The lowest BCUT2D eigenvalue weighted by Crippen LogP contribution is -2.04. The van der Waals surface area contributed by atoms with Gasteiger partial charge in [-0.25, -0.2) is 9.97 Å². The van der Waals surface area contributed by atoms with Gasteiger partial charge < -0.3 is 5.73 Å². The number of aromatic nitrogens is 3. The first kappa shape index (κ1) is 11.1. The van der Waals surface area contributed by atoms with E-state index in [1.807, 2.05) is 23.8 Å². The van der Waals surface area contributed by atoms with Gasteiger partial charge in [0, 0.05) is 31.6 Å². The fraction of sp³-hybridized carbons (Fsp3) is 0.273. The summed E-state index contributed by atoms with van der Waals surface area (Å²) in [6, 6.07) is 1.84. The number of aryl methyl sites for hydroxylation is 1. The van der Waals surface area contributed by atoms with Gasteiger partial charge in [-0.05, 0) is 11.6 Å². The van der Waals surface area contributed by atoms with Crippen molar-refractivity contribution in [1.82, 2.24) is 14.5 Å². The number of pyridine rings is 1. The largest absolute Gasteiger partial charge is 0.326 e. The Labute approximate surface area is 99.1 Å². The minimum absolute atomic E-state index is 0.442. The maximum absolute atomic E-state index is 6.16. The Morgan fingerprint density at radius 3 is 2.88 bits per heavy atom. The summed E-state index contributed by atoms with van der Waals surface area (Å²) in [6.07, 6.45) is 6.17. The van der Waals surface area contributed by atoms with Gasteiger partial charge in [0.25, 0.3) is 0 Å². The van der Waals surface area contributed by atoms with Crippen LogP contribution in [0.4, 0.5) is 0 Å². The number of rotatable bonds is 3. The predicted molar refractivity (Wildman–Crippen MR) is 63.6 cm³/mol. The summed E-state index contributed by atoms with van der Waals surface area (Å²) in [5.74, 6) is 1.64. The van der Waals surface area contributed by atoms with Gasteiger partial charge in [-0.1, -0.05) is 18.5 Å². The van der Waals surface area contributed by atoms with E-state index in [1.165, 1.54) is 0 Å². The van der Waals surface area contributed by atoms with Crippen LogP contribution >= 0.6 is 11.6 Å². The molecule has 0 spiro atoms. The van der Waals surface area contributed by atoms with Gasteiger partial charge in [0.1, 0.15) is 5.82 Å². The van der Waals surface area contributed by atoms with Crippen LogP contribution in [0.3, 0.4) is 0 Å². The molecular formula is C11H13ClN4. The number of halogens is 1. The lowest BCUT2D eigenvalue weighted by Gasteiger charge is -2.08. The molecule has 0 bridgehead atoms. The zero-order chi connectivity index (χ0) is 11.5. The second-order valence-corrected chi connectivity index (χ2v) is 3.83. The second-order valence-electron chi connectivity index (χ2n) is 3.42. The van der Waals surface area contributed by atoms with E-state index in [2.05, 4.69) is 9.97 Å². The quantitative estimate of drug-likeness (QED) is 0.886. The SMILES string of the molecule is CCc1nccn1-c1ncc(CN)cc1Cl. The van der Waals surface area contributed by atoms with Gasteiger partial charge in [-0.15, -0.1) is 0 Å². The molecule has 2 aromatic heterocycles. The molecule has 0 amide bonds. The smallest absolute Gasteiger partial charge is 0.156 e. The van der Waals surface area contributed by atoms with E-state index in [9.17, 15) is 0 Å². The van der Waals surface area contributed by atoms with Gasteiger partial charge in [0.2, 0.25) is 0 Å². The second kappa shape index (κ2) is 4.63. The van der Waals surface area contributed by atoms with Crippen molar-refractivity contribution in [3.63, 3.8) is 0 Å². The fourth-order valence-electron chi connectivity index (χ4n) is 1.55. The molecule has 0 radical (unpaired) electrons. The molecule has 2 aromatic rings. The maximum atomic E-state index is 6.16. The summed E-state index contributed by atoms with van der Waals surface area (Å²) in [5.41, 5.74) is 6.45. The zero-order valence-corrected chi connectivity index (χ0v) is 9.78. The van der Waals surface area contributed by atoms with Gasteiger partial charge >= 0.3 is 0 Å². The summed E-state index contributed by atoms with van der Waals surface area (Å²) < 4.78 is 1.89. The van der Waals surface area contributed by atoms with Gasteiger partial charge in [0.05, 0.1) is 5.02 Å². The van der Waals surface area contributed by atoms with Crippen LogP contribution in [0.5, 0.6) is 0 Å². The summed E-state index contributed by atoms with van der Waals surface area (Å²) >= 11 is 6.16. The van der Waals surface area contributed by atoms with Crippen LogP contribution in [-0.4, -0.2) is 14.5 Å². The zero-order valence-electron chi connectivity index (χ0n) is 9.02. The average molecular weight is 237 g/mol. The minimum atomic E-state index is 0.442. The van der Waals surface area contributed by atoms with Crippen molar-refractivity contribution in [2.75, 3.05) is 0 Å². The van der Waals surface area contributed by atoms with Crippen molar-refractivity contribution in [3.05, 3.63) is 41.1 Å². The third-order valence-electron chi connectivity index (χ3n) is 2.38. The molecule has 0 atom stereocenters. The van der Waals surface area contributed by atoms with E-state index in [1.54, 1.807) is 12.4 Å². The molecule has 2 N–H and O–H groups in total. The Bertz CT molecular complexity index is 492. The molecule has 0 aliphatic rings.